The van der Waals surface area contributed by atoms with Gasteiger partial charge in [0.25, 0.3) is 5.69 Å². The molecule has 0 N–H and O–H groups in total. The Labute approximate surface area is 139 Å². The van der Waals surface area contributed by atoms with Gasteiger partial charge in [0.2, 0.25) is 5.88 Å². The van der Waals surface area contributed by atoms with Crippen LogP contribution in [0.25, 0.3) is 0 Å². The molecule has 0 spiro atoms. The molecule has 0 amide bonds. The van der Waals surface area contributed by atoms with E-state index in [1.54, 1.807) is 0 Å². The van der Waals surface area contributed by atoms with Crippen molar-refractivity contribution in [3.63, 3.8) is 0 Å². The number of alkyl halides is 6. The Morgan fingerprint density at radius 2 is 1.77 bits per heavy atom. The minimum absolute atomic E-state index is 0.126. The maximum absolute atomic E-state index is 12.6. The minimum Gasteiger partial charge on any atom is -0.404 e. The van der Waals surface area contributed by atoms with Gasteiger partial charge in [-0.15, -0.1) is 0 Å². The highest BCUT2D eigenvalue weighted by Gasteiger charge is 2.36. The van der Waals surface area contributed by atoms with Gasteiger partial charge in [-0.1, -0.05) is 0 Å². The summed E-state index contributed by atoms with van der Waals surface area (Å²) in [4.78, 5) is 21.7. The van der Waals surface area contributed by atoms with Crippen molar-refractivity contribution in [1.82, 2.24) is 9.78 Å². The predicted octanol–water partition coefficient (Wildman–Crippen LogP) is 3.59. The lowest BCUT2D eigenvalue weighted by Gasteiger charge is -2.08. The van der Waals surface area contributed by atoms with Crippen LogP contribution in [-0.2, 0) is 19.4 Å². The fourth-order valence-corrected chi connectivity index (χ4v) is 1.87. The molecule has 2 rings (SSSR count). The molecule has 140 valence electrons. The summed E-state index contributed by atoms with van der Waals surface area (Å²) in [5.41, 5.74) is -4.83. The van der Waals surface area contributed by atoms with E-state index >= 15 is 0 Å². The summed E-state index contributed by atoms with van der Waals surface area (Å²) in [7, 11) is 1.01. The van der Waals surface area contributed by atoms with Gasteiger partial charge in [0.15, 0.2) is 5.69 Å². The van der Waals surface area contributed by atoms with E-state index in [9.17, 15) is 41.3 Å². The second-order valence-electron chi connectivity index (χ2n) is 4.87. The molecule has 0 unspecified atom stereocenters. The van der Waals surface area contributed by atoms with Gasteiger partial charge in [0, 0.05) is 19.2 Å². The van der Waals surface area contributed by atoms with Crippen LogP contribution >= 0.6 is 0 Å². The van der Waals surface area contributed by atoms with E-state index in [0.717, 1.165) is 7.05 Å². The van der Waals surface area contributed by atoms with Crippen LogP contribution < -0.4 is 4.74 Å². The fourth-order valence-electron chi connectivity index (χ4n) is 1.87. The zero-order valence-corrected chi connectivity index (χ0v) is 12.6. The van der Waals surface area contributed by atoms with Crippen molar-refractivity contribution in [3.05, 3.63) is 51.2 Å². The number of carbonyl (C=O) groups excluding carboxylic acids is 1. The van der Waals surface area contributed by atoms with Crippen LogP contribution in [0.15, 0.2) is 24.3 Å². The molecular weight excluding hydrogens is 376 g/mol. The molecule has 0 saturated heterocycles. The highest BCUT2D eigenvalue weighted by Crippen LogP contribution is 2.34. The van der Waals surface area contributed by atoms with E-state index < -0.39 is 51.6 Å². The molecule has 1 aromatic carbocycles. The second kappa shape index (κ2) is 6.31. The topological polar surface area (TPSA) is 87.3 Å². The molecular formula is C13H7F6N3O4. The van der Waals surface area contributed by atoms with Gasteiger partial charge < -0.3 is 4.74 Å². The molecule has 0 fully saturated rings. The number of benzene rings is 1. The number of nitro benzene ring substituents is 1. The number of hydrogen-bond acceptors (Lipinski definition) is 5. The first kappa shape index (κ1) is 19.2. The largest absolute Gasteiger partial charge is 0.435 e. The number of halogens is 6. The van der Waals surface area contributed by atoms with Crippen molar-refractivity contribution >= 4 is 11.7 Å². The zero-order valence-electron chi connectivity index (χ0n) is 12.6. The summed E-state index contributed by atoms with van der Waals surface area (Å²) >= 11 is 0. The Kier molecular flexibility index (Phi) is 4.66. The first-order valence-corrected chi connectivity index (χ1v) is 6.49. The van der Waals surface area contributed by atoms with Crippen molar-refractivity contribution in [2.45, 2.75) is 12.4 Å². The second-order valence-corrected chi connectivity index (χ2v) is 4.87. The summed E-state index contributed by atoms with van der Waals surface area (Å²) in [5.74, 6) is -2.21. The highest BCUT2D eigenvalue weighted by molar-refractivity contribution is 5.95. The van der Waals surface area contributed by atoms with E-state index in [1.807, 2.05) is 0 Å². The van der Waals surface area contributed by atoms with Crippen LogP contribution in [0.1, 0.15) is 21.6 Å². The lowest BCUT2D eigenvalue weighted by molar-refractivity contribution is -0.385. The van der Waals surface area contributed by atoms with Gasteiger partial charge in [0.05, 0.1) is 10.5 Å². The number of rotatable bonds is 3. The Morgan fingerprint density at radius 3 is 2.23 bits per heavy atom. The molecule has 0 aliphatic heterocycles. The molecule has 0 aliphatic carbocycles. The van der Waals surface area contributed by atoms with Crippen LogP contribution in [0.5, 0.6) is 5.88 Å². The number of carbonyl (C=O) groups is 1. The molecule has 0 saturated carbocycles. The minimum atomic E-state index is -4.89. The molecule has 0 atom stereocenters. The molecule has 7 nitrogen and oxygen atoms in total. The maximum Gasteiger partial charge on any atom is 0.435 e. The van der Waals surface area contributed by atoms with E-state index in [1.165, 1.54) is 0 Å². The number of nitro groups is 1. The molecule has 26 heavy (non-hydrogen) atoms. The molecule has 0 aliphatic rings. The van der Waals surface area contributed by atoms with Crippen molar-refractivity contribution < 1.29 is 40.8 Å². The first-order valence-electron chi connectivity index (χ1n) is 6.49. The standard InChI is InChI=1S/C13H7F6N3O4/c1-21-10(5-9(20-21)13(17,18)19)26-11(23)7-3-2-6(12(14,15)16)4-8(7)22(24)25/h2-5H,1H3. The summed E-state index contributed by atoms with van der Waals surface area (Å²) in [6.07, 6.45) is -9.72. The Balaban J connectivity index is 2.39. The quantitative estimate of drug-likeness (QED) is 0.350. The molecule has 0 radical (unpaired) electrons. The maximum atomic E-state index is 12.6. The van der Waals surface area contributed by atoms with Gasteiger partial charge in [-0.2, -0.15) is 31.4 Å². The fraction of sp³-hybridized carbons (Fsp3) is 0.231. The van der Waals surface area contributed by atoms with Crippen molar-refractivity contribution in [3.8, 4) is 5.88 Å². The van der Waals surface area contributed by atoms with Gasteiger partial charge in [0.1, 0.15) is 5.56 Å². The lowest BCUT2D eigenvalue weighted by atomic mass is 10.1. The Hall–Kier alpha value is -3.12. The first-order chi connectivity index (χ1) is 11.8. The van der Waals surface area contributed by atoms with Crippen molar-refractivity contribution in [2.75, 3.05) is 0 Å². The molecule has 13 heteroatoms. The van der Waals surface area contributed by atoms with Gasteiger partial charge in [-0.3, -0.25) is 10.1 Å². The van der Waals surface area contributed by atoms with Gasteiger partial charge in [-0.25, -0.2) is 9.48 Å². The zero-order chi connectivity index (χ0) is 19.9. The summed E-state index contributed by atoms with van der Waals surface area (Å²) in [5, 5.41) is 14.0. The highest BCUT2D eigenvalue weighted by atomic mass is 19.4. The monoisotopic (exact) mass is 383 g/mol. The summed E-state index contributed by atoms with van der Waals surface area (Å²) in [6, 6.07) is 1.41. The number of ether oxygens (including phenoxy) is 1. The van der Waals surface area contributed by atoms with Crippen LogP contribution in [0.2, 0.25) is 0 Å². The molecule has 1 heterocycles. The smallest absolute Gasteiger partial charge is 0.404 e. The van der Waals surface area contributed by atoms with E-state index in [-0.39, 0.29) is 6.07 Å². The third-order valence-corrected chi connectivity index (χ3v) is 3.07. The third kappa shape index (κ3) is 3.92. The SMILES string of the molecule is Cn1nc(C(F)(F)F)cc1OC(=O)c1ccc(C(F)(F)F)cc1[N+](=O)[O-]. The van der Waals surface area contributed by atoms with Crippen LogP contribution in [0, 0.1) is 10.1 Å². The van der Waals surface area contributed by atoms with Gasteiger partial charge >= 0.3 is 18.3 Å². The lowest BCUT2D eigenvalue weighted by Crippen LogP contribution is -2.14. The number of aryl methyl sites for hydroxylation is 1. The van der Waals surface area contributed by atoms with Crippen molar-refractivity contribution in [1.29, 1.82) is 0 Å². The molecule has 2 aromatic rings. The average molecular weight is 383 g/mol. The van der Waals surface area contributed by atoms with E-state index in [4.69, 9.17) is 0 Å². The Morgan fingerprint density at radius 1 is 1.15 bits per heavy atom. The van der Waals surface area contributed by atoms with Crippen LogP contribution in [-0.4, -0.2) is 20.7 Å². The summed E-state index contributed by atoms with van der Waals surface area (Å²) < 4.78 is 80.7. The Bertz CT molecular complexity index is 872. The third-order valence-electron chi connectivity index (χ3n) is 3.07. The number of hydrogen-bond donors (Lipinski definition) is 0. The van der Waals surface area contributed by atoms with Gasteiger partial charge in [-0.05, 0) is 12.1 Å². The van der Waals surface area contributed by atoms with Crippen LogP contribution in [0.3, 0.4) is 0 Å². The number of esters is 1. The predicted molar refractivity (Wildman–Crippen MR) is 71.3 cm³/mol. The number of nitrogens with zero attached hydrogens (tertiary/aromatic N) is 3. The number of aromatic nitrogens is 2. The van der Waals surface area contributed by atoms with E-state index in [0.29, 0.717) is 22.9 Å². The van der Waals surface area contributed by atoms with Crippen molar-refractivity contribution in [2.24, 2.45) is 7.05 Å². The van der Waals surface area contributed by atoms with Crippen LogP contribution in [0.4, 0.5) is 32.0 Å². The average Bonchev–Trinajstić information content (AvgIpc) is 2.86. The van der Waals surface area contributed by atoms with E-state index in [2.05, 4.69) is 9.84 Å². The summed E-state index contributed by atoms with van der Waals surface area (Å²) in [6.45, 7) is 0. The normalized spacial score (nSPS) is 12.1. The molecule has 1 aromatic heterocycles. The molecule has 0 bridgehead atoms.